The van der Waals surface area contributed by atoms with Gasteiger partial charge in [-0.1, -0.05) is 26.6 Å². The molecule has 0 aromatic rings. The minimum absolute atomic E-state index is 0.0530. The molecule has 5 rings (SSSR count). The summed E-state index contributed by atoms with van der Waals surface area (Å²) in [6.45, 7) is 4.61. The second-order valence-corrected chi connectivity index (χ2v) is 12.1. The third-order valence-electron chi connectivity index (χ3n) is 10.7. The van der Waals surface area contributed by atoms with Crippen LogP contribution in [0.15, 0.2) is 0 Å². The molecule has 5 aliphatic rings. The first-order chi connectivity index (χ1) is 15.8. The standard InChI is InChI=1S/C25H42BNO6/c1-3-4-20(30)33-18-8-15-14-6-5-13-7-19(29)26-12-24(13,2)22(14)17(28)9-25(15)16(23(18)25)11-32-21(31)10-27/h13-20,22-23,26,28-30H,3-12,27H2,1-2H3/t13?,14?,15?,16?,17-,18?,19?,20?,22?,23-,24-,25-/m0/s1. The van der Waals surface area contributed by atoms with E-state index in [-0.39, 0.29) is 59.3 Å². The molecule has 0 aromatic heterocycles. The maximum atomic E-state index is 11.8. The maximum Gasteiger partial charge on any atom is 0.319 e. The van der Waals surface area contributed by atoms with Crippen molar-refractivity contribution in [3.8, 4) is 0 Å². The van der Waals surface area contributed by atoms with E-state index in [0.717, 1.165) is 52.1 Å². The minimum atomic E-state index is -0.765. The van der Waals surface area contributed by atoms with Crippen LogP contribution >= 0.6 is 0 Å². The molecule has 8 heteroatoms. The summed E-state index contributed by atoms with van der Waals surface area (Å²) in [6.07, 6.45) is 5.94. The number of rotatable bonds is 7. The molecule has 8 unspecified atom stereocenters. The van der Waals surface area contributed by atoms with Crippen LogP contribution in [0.3, 0.4) is 0 Å². The van der Waals surface area contributed by atoms with E-state index >= 15 is 0 Å². The van der Waals surface area contributed by atoms with E-state index in [9.17, 15) is 20.1 Å². The van der Waals surface area contributed by atoms with Crippen LogP contribution in [-0.4, -0.2) is 66.2 Å². The number of nitrogens with two attached hydrogens (primary N) is 1. The Bertz CT molecular complexity index is 754. The third-order valence-corrected chi connectivity index (χ3v) is 10.7. The number of hydrogen-bond acceptors (Lipinski definition) is 7. The van der Waals surface area contributed by atoms with Crippen molar-refractivity contribution >= 4 is 13.2 Å². The summed E-state index contributed by atoms with van der Waals surface area (Å²) in [5.74, 6) is 1.54. The van der Waals surface area contributed by atoms with Gasteiger partial charge in [0.15, 0.2) is 13.6 Å². The predicted molar refractivity (Wildman–Crippen MR) is 124 cm³/mol. The first-order valence-corrected chi connectivity index (χ1v) is 13.3. The molecule has 12 atom stereocenters. The zero-order valence-corrected chi connectivity index (χ0v) is 20.2. The van der Waals surface area contributed by atoms with Gasteiger partial charge in [-0.15, -0.1) is 0 Å². The maximum absolute atomic E-state index is 11.8. The largest absolute Gasteiger partial charge is 0.464 e. The highest BCUT2D eigenvalue weighted by atomic mass is 16.6. The number of esters is 1. The first-order valence-electron chi connectivity index (χ1n) is 13.3. The zero-order chi connectivity index (χ0) is 23.5. The molecule has 7 nitrogen and oxygen atoms in total. The lowest BCUT2D eigenvalue weighted by Gasteiger charge is -2.60. The molecule has 5 N–H and O–H groups in total. The van der Waals surface area contributed by atoms with Crippen LogP contribution in [0.4, 0.5) is 0 Å². The molecule has 5 fully saturated rings. The van der Waals surface area contributed by atoms with Crippen molar-refractivity contribution in [1.82, 2.24) is 0 Å². The topological polar surface area (TPSA) is 122 Å². The van der Waals surface area contributed by atoms with E-state index in [1.54, 1.807) is 0 Å². The molecule has 0 aromatic carbocycles. The fraction of sp³-hybridized carbons (Fsp3) is 0.960. The van der Waals surface area contributed by atoms with Gasteiger partial charge in [-0.25, -0.2) is 0 Å². The van der Waals surface area contributed by atoms with Crippen LogP contribution in [0.5, 0.6) is 0 Å². The molecule has 1 heterocycles. The fourth-order valence-corrected chi connectivity index (χ4v) is 9.50. The summed E-state index contributed by atoms with van der Waals surface area (Å²) in [4.78, 5) is 11.8. The van der Waals surface area contributed by atoms with Gasteiger partial charge in [0.2, 0.25) is 0 Å². The zero-order valence-electron chi connectivity index (χ0n) is 20.2. The average molecular weight is 463 g/mol. The molecule has 0 amide bonds. The van der Waals surface area contributed by atoms with E-state index in [0.29, 0.717) is 30.8 Å². The molecule has 33 heavy (non-hydrogen) atoms. The number of aliphatic hydroxyl groups excluding tert-OH is 3. The first kappa shape index (κ1) is 24.0. The molecular weight excluding hydrogens is 421 g/mol. The Morgan fingerprint density at radius 3 is 2.76 bits per heavy atom. The van der Waals surface area contributed by atoms with Crippen LogP contribution in [0.1, 0.15) is 58.8 Å². The summed E-state index contributed by atoms with van der Waals surface area (Å²) >= 11 is 0. The highest BCUT2D eigenvalue weighted by Gasteiger charge is 2.79. The molecule has 0 bridgehead atoms. The lowest BCUT2D eigenvalue weighted by molar-refractivity contribution is -0.160. The number of hydrogen-bond donors (Lipinski definition) is 4. The lowest BCUT2D eigenvalue weighted by Crippen LogP contribution is -2.58. The van der Waals surface area contributed by atoms with Gasteiger partial charge in [0.25, 0.3) is 0 Å². The van der Waals surface area contributed by atoms with Crippen LogP contribution in [0.2, 0.25) is 6.32 Å². The van der Waals surface area contributed by atoms with Crippen molar-refractivity contribution in [3.63, 3.8) is 0 Å². The number of aliphatic hydroxyl groups is 3. The second-order valence-electron chi connectivity index (χ2n) is 12.1. The van der Waals surface area contributed by atoms with Crippen molar-refractivity contribution < 1.29 is 29.6 Å². The van der Waals surface area contributed by atoms with Crippen molar-refractivity contribution in [1.29, 1.82) is 0 Å². The van der Waals surface area contributed by atoms with Gasteiger partial charge in [0.05, 0.1) is 25.4 Å². The van der Waals surface area contributed by atoms with E-state index < -0.39 is 6.29 Å². The fourth-order valence-electron chi connectivity index (χ4n) is 9.50. The molecule has 186 valence electrons. The van der Waals surface area contributed by atoms with Gasteiger partial charge in [0.1, 0.15) is 0 Å². The van der Waals surface area contributed by atoms with E-state index in [1.165, 1.54) is 0 Å². The highest BCUT2D eigenvalue weighted by Crippen LogP contribution is 2.79. The summed E-state index contributed by atoms with van der Waals surface area (Å²) in [6, 6.07) is -0.203. The molecule has 4 saturated carbocycles. The van der Waals surface area contributed by atoms with Gasteiger partial charge in [-0.05, 0) is 78.9 Å². The minimum Gasteiger partial charge on any atom is -0.464 e. The monoisotopic (exact) mass is 463 g/mol. The Balaban J connectivity index is 1.41. The van der Waals surface area contributed by atoms with Gasteiger partial charge < -0.3 is 30.5 Å². The SMILES string of the molecule is CCCC(O)OC1CC2C3CCC4CC(O)BC[C@]4(C)C3[C@@H](O)C[C@@]23C(COC(=O)CN)[C@@H]13. The number of ether oxygens (including phenoxy) is 2. The van der Waals surface area contributed by atoms with Crippen molar-refractivity contribution in [2.75, 3.05) is 13.2 Å². The summed E-state index contributed by atoms with van der Waals surface area (Å²) in [5, 5.41) is 32.3. The number of fused-ring (bicyclic) bond motifs is 4. The van der Waals surface area contributed by atoms with Crippen LogP contribution < -0.4 is 5.73 Å². The number of carbonyl (C=O) groups excluding carboxylic acids is 1. The summed E-state index contributed by atoms with van der Waals surface area (Å²) < 4.78 is 11.7. The second kappa shape index (κ2) is 8.77. The quantitative estimate of drug-likeness (QED) is 0.255. The van der Waals surface area contributed by atoms with Gasteiger partial charge in [0, 0.05) is 11.9 Å². The van der Waals surface area contributed by atoms with Crippen molar-refractivity contribution in [3.05, 3.63) is 0 Å². The van der Waals surface area contributed by atoms with Gasteiger partial charge in [-0.3, -0.25) is 4.79 Å². The smallest absolute Gasteiger partial charge is 0.319 e. The van der Waals surface area contributed by atoms with E-state index in [2.05, 4.69) is 6.92 Å². The normalized spacial score (nSPS) is 50.8. The summed E-state index contributed by atoms with van der Waals surface area (Å²) in [7, 11) is 0.827. The van der Waals surface area contributed by atoms with Gasteiger partial charge >= 0.3 is 5.97 Å². The Morgan fingerprint density at radius 2 is 2.03 bits per heavy atom. The Hall–Kier alpha value is -0.665. The van der Waals surface area contributed by atoms with E-state index in [4.69, 9.17) is 15.2 Å². The Labute approximate surface area is 198 Å². The molecule has 1 saturated heterocycles. The van der Waals surface area contributed by atoms with Crippen LogP contribution in [0.25, 0.3) is 0 Å². The lowest BCUT2D eigenvalue weighted by atomic mass is 9.39. The highest BCUT2D eigenvalue weighted by molar-refractivity contribution is 6.37. The molecule has 4 aliphatic carbocycles. The molecule has 0 radical (unpaired) electrons. The average Bonchev–Trinajstić information content (AvgIpc) is 3.27. The number of carbonyl (C=O) groups is 1. The molecular formula is C25H42BNO6. The van der Waals surface area contributed by atoms with Crippen molar-refractivity contribution in [2.45, 2.75) is 89.6 Å². The van der Waals surface area contributed by atoms with Gasteiger partial charge in [-0.2, -0.15) is 0 Å². The van der Waals surface area contributed by atoms with Crippen molar-refractivity contribution in [2.24, 2.45) is 52.1 Å². The summed E-state index contributed by atoms with van der Waals surface area (Å²) in [5.41, 5.74) is 5.46. The molecule has 1 spiro atoms. The predicted octanol–water partition coefficient (Wildman–Crippen LogP) is 1.23. The Morgan fingerprint density at radius 1 is 1.24 bits per heavy atom. The van der Waals surface area contributed by atoms with Crippen LogP contribution in [-0.2, 0) is 14.3 Å². The van der Waals surface area contributed by atoms with E-state index in [1.807, 2.05) is 6.92 Å². The van der Waals surface area contributed by atoms with Crippen LogP contribution in [0, 0.1) is 46.3 Å². The molecule has 1 aliphatic heterocycles. The Kier molecular flexibility index (Phi) is 6.39. The third kappa shape index (κ3) is 3.70.